The highest BCUT2D eigenvalue weighted by molar-refractivity contribution is 5.89. The van der Waals surface area contributed by atoms with E-state index in [1.807, 2.05) is 29.2 Å². The summed E-state index contributed by atoms with van der Waals surface area (Å²) >= 11 is 0. The van der Waals surface area contributed by atoms with E-state index in [1.165, 1.54) is 12.8 Å². The molecule has 9 heteroatoms. The van der Waals surface area contributed by atoms with E-state index in [9.17, 15) is 9.59 Å². The van der Waals surface area contributed by atoms with Crippen molar-refractivity contribution in [3.63, 3.8) is 0 Å². The van der Waals surface area contributed by atoms with Crippen LogP contribution in [0.4, 0.5) is 16.4 Å². The van der Waals surface area contributed by atoms with Gasteiger partial charge in [-0.05, 0) is 56.0 Å². The number of rotatable bonds is 7. The molecule has 1 aliphatic carbocycles. The Morgan fingerprint density at radius 3 is 2.38 bits per heavy atom. The highest BCUT2D eigenvalue weighted by Crippen LogP contribution is 2.25. The summed E-state index contributed by atoms with van der Waals surface area (Å²) in [6.45, 7) is 2.93. The summed E-state index contributed by atoms with van der Waals surface area (Å²) in [6, 6.07) is 8.85. The number of urea groups is 1. The Bertz CT molecular complexity index is 878. The number of ether oxygens (including phenoxy) is 1. The van der Waals surface area contributed by atoms with Gasteiger partial charge >= 0.3 is 6.03 Å². The molecule has 170 valence electrons. The van der Waals surface area contributed by atoms with Crippen molar-refractivity contribution in [2.24, 2.45) is 0 Å². The van der Waals surface area contributed by atoms with Gasteiger partial charge in [-0.3, -0.25) is 4.79 Å². The fraction of sp³-hybridized carbons (Fsp3) is 0.478. The third-order valence-electron chi connectivity index (χ3n) is 5.81. The van der Waals surface area contributed by atoms with Crippen LogP contribution in [0.5, 0.6) is 5.75 Å². The van der Waals surface area contributed by atoms with Gasteiger partial charge in [0.05, 0.1) is 6.10 Å². The summed E-state index contributed by atoms with van der Waals surface area (Å²) < 4.78 is 5.94. The van der Waals surface area contributed by atoms with Gasteiger partial charge in [-0.15, -0.1) is 0 Å². The maximum absolute atomic E-state index is 12.5. The fourth-order valence-electron chi connectivity index (χ4n) is 4.04. The summed E-state index contributed by atoms with van der Waals surface area (Å²) in [6.07, 6.45) is 8.69. The van der Waals surface area contributed by atoms with Gasteiger partial charge in [-0.25, -0.2) is 14.8 Å². The molecule has 2 aliphatic rings. The summed E-state index contributed by atoms with van der Waals surface area (Å²) in [5.41, 5.74) is 0.687. The van der Waals surface area contributed by atoms with Gasteiger partial charge < -0.3 is 25.2 Å². The van der Waals surface area contributed by atoms with E-state index in [2.05, 4.69) is 25.5 Å². The summed E-state index contributed by atoms with van der Waals surface area (Å²) in [5, 5.41) is 5.54. The molecule has 1 aromatic heterocycles. The summed E-state index contributed by atoms with van der Waals surface area (Å²) in [4.78, 5) is 37.0. The van der Waals surface area contributed by atoms with Crippen molar-refractivity contribution in [2.45, 2.75) is 38.2 Å². The molecule has 3 amide bonds. The number of aromatic nitrogens is 2. The molecule has 0 unspecified atom stereocenters. The molecular formula is C23H30N6O3. The lowest BCUT2D eigenvalue weighted by molar-refractivity contribution is -0.131. The minimum absolute atomic E-state index is 0.0346. The number of nitrogens with zero attached hydrogens (tertiary/aromatic N) is 4. The molecule has 1 aromatic carbocycles. The standard InChI is InChI=1S/C23H30N6O3/c30-21(28-14-16-29(17-15-28)22-24-11-3-12-25-22)10-13-26-23(31)27-18-6-8-20(9-7-18)32-19-4-1-2-5-19/h3,6-9,11-12,19H,1-2,4-5,10,13-17H2,(H2,26,27,31). The molecule has 2 aromatic rings. The zero-order chi connectivity index (χ0) is 22.2. The highest BCUT2D eigenvalue weighted by Gasteiger charge is 2.22. The van der Waals surface area contributed by atoms with Crippen LogP contribution in [-0.4, -0.2) is 65.6 Å². The zero-order valence-electron chi connectivity index (χ0n) is 18.2. The first-order chi connectivity index (χ1) is 15.7. The van der Waals surface area contributed by atoms with Crippen LogP contribution in [0.1, 0.15) is 32.1 Å². The molecule has 2 N–H and O–H groups in total. The van der Waals surface area contributed by atoms with E-state index in [0.29, 0.717) is 43.9 Å². The second-order valence-corrected chi connectivity index (χ2v) is 8.10. The molecule has 1 aliphatic heterocycles. The van der Waals surface area contributed by atoms with Gasteiger partial charge in [0.25, 0.3) is 0 Å². The number of anilines is 2. The van der Waals surface area contributed by atoms with Gasteiger partial charge in [0.1, 0.15) is 5.75 Å². The molecule has 32 heavy (non-hydrogen) atoms. The van der Waals surface area contributed by atoms with Crippen LogP contribution >= 0.6 is 0 Å². The molecule has 2 heterocycles. The predicted octanol–water partition coefficient (Wildman–Crippen LogP) is 2.66. The van der Waals surface area contributed by atoms with Crippen molar-refractivity contribution < 1.29 is 14.3 Å². The fourth-order valence-corrected chi connectivity index (χ4v) is 4.04. The van der Waals surface area contributed by atoms with E-state index in [-0.39, 0.29) is 24.9 Å². The van der Waals surface area contributed by atoms with E-state index in [4.69, 9.17) is 4.74 Å². The van der Waals surface area contributed by atoms with Crippen LogP contribution in [-0.2, 0) is 4.79 Å². The first-order valence-corrected chi connectivity index (χ1v) is 11.3. The molecule has 2 fully saturated rings. The first-order valence-electron chi connectivity index (χ1n) is 11.3. The van der Waals surface area contributed by atoms with Crippen LogP contribution in [0.3, 0.4) is 0 Å². The molecule has 0 radical (unpaired) electrons. The maximum atomic E-state index is 12.5. The molecule has 1 saturated carbocycles. The number of hydrogen-bond acceptors (Lipinski definition) is 6. The Labute approximate surface area is 188 Å². The van der Waals surface area contributed by atoms with Crippen molar-refractivity contribution in [3.8, 4) is 5.75 Å². The van der Waals surface area contributed by atoms with Crippen molar-refractivity contribution in [1.82, 2.24) is 20.2 Å². The van der Waals surface area contributed by atoms with E-state index >= 15 is 0 Å². The molecule has 0 bridgehead atoms. The second-order valence-electron chi connectivity index (χ2n) is 8.10. The van der Waals surface area contributed by atoms with Crippen molar-refractivity contribution in [2.75, 3.05) is 42.9 Å². The van der Waals surface area contributed by atoms with Crippen molar-refractivity contribution in [1.29, 1.82) is 0 Å². The van der Waals surface area contributed by atoms with Crippen LogP contribution in [0.25, 0.3) is 0 Å². The smallest absolute Gasteiger partial charge is 0.319 e. The number of piperazine rings is 1. The third-order valence-corrected chi connectivity index (χ3v) is 5.81. The Hall–Kier alpha value is -3.36. The van der Waals surface area contributed by atoms with E-state index in [1.54, 1.807) is 18.5 Å². The Morgan fingerprint density at radius 2 is 1.69 bits per heavy atom. The lowest BCUT2D eigenvalue weighted by atomic mass is 10.2. The van der Waals surface area contributed by atoms with Gasteiger partial charge in [0, 0.05) is 57.2 Å². The average Bonchev–Trinajstić information content (AvgIpc) is 3.34. The molecule has 0 atom stereocenters. The number of carbonyl (C=O) groups excluding carboxylic acids is 2. The lowest BCUT2D eigenvalue weighted by Gasteiger charge is -2.34. The maximum Gasteiger partial charge on any atom is 0.319 e. The summed E-state index contributed by atoms with van der Waals surface area (Å²) in [7, 11) is 0. The molecular weight excluding hydrogens is 408 g/mol. The molecule has 9 nitrogen and oxygen atoms in total. The number of carbonyl (C=O) groups is 2. The van der Waals surface area contributed by atoms with Crippen LogP contribution in [0, 0.1) is 0 Å². The van der Waals surface area contributed by atoms with Crippen LogP contribution in [0.2, 0.25) is 0 Å². The van der Waals surface area contributed by atoms with Crippen LogP contribution < -0.4 is 20.3 Å². The Morgan fingerprint density at radius 1 is 1.00 bits per heavy atom. The Kier molecular flexibility index (Phi) is 7.37. The largest absolute Gasteiger partial charge is 0.490 e. The SMILES string of the molecule is O=C(NCCC(=O)N1CCN(c2ncccn2)CC1)Nc1ccc(OC2CCCC2)cc1. The van der Waals surface area contributed by atoms with Crippen molar-refractivity contribution >= 4 is 23.6 Å². The molecule has 1 saturated heterocycles. The van der Waals surface area contributed by atoms with Gasteiger partial charge in [-0.2, -0.15) is 0 Å². The third kappa shape index (κ3) is 6.09. The zero-order valence-corrected chi connectivity index (χ0v) is 18.2. The van der Waals surface area contributed by atoms with Crippen molar-refractivity contribution in [3.05, 3.63) is 42.7 Å². The second kappa shape index (κ2) is 10.8. The van der Waals surface area contributed by atoms with Gasteiger partial charge in [0.2, 0.25) is 11.9 Å². The minimum atomic E-state index is -0.326. The van der Waals surface area contributed by atoms with E-state index in [0.717, 1.165) is 18.6 Å². The lowest BCUT2D eigenvalue weighted by Crippen LogP contribution is -2.49. The number of amides is 3. The highest BCUT2D eigenvalue weighted by atomic mass is 16.5. The number of benzene rings is 1. The van der Waals surface area contributed by atoms with Gasteiger partial charge in [0.15, 0.2) is 0 Å². The van der Waals surface area contributed by atoms with Gasteiger partial charge in [-0.1, -0.05) is 0 Å². The monoisotopic (exact) mass is 438 g/mol. The quantitative estimate of drug-likeness (QED) is 0.690. The number of hydrogen-bond donors (Lipinski definition) is 2. The Balaban J connectivity index is 1.13. The first kappa shape index (κ1) is 21.9. The normalized spacial score (nSPS) is 16.6. The number of nitrogens with one attached hydrogen (secondary N) is 2. The minimum Gasteiger partial charge on any atom is -0.490 e. The molecule has 0 spiro atoms. The molecule has 4 rings (SSSR count). The van der Waals surface area contributed by atoms with Crippen LogP contribution in [0.15, 0.2) is 42.7 Å². The van der Waals surface area contributed by atoms with E-state index < -0.39 is 0 Å². The average molecular weight is 439 g/mol. The predicted molar refractivity (Wildman–Crippen MR) is 122 cm³/mol. The topological polar surface area (TPSA) is 99.7 Å². The summed E-state index contributed by atoms with van der Waals surface area (Å²) in [5.74, 6) is 1.55.